The molecule has 1 unspecified atom stereocenters. The van der Waals surface area contributed by atoms with Crippen molar-refractivity contribution in [2.45, 2.75) is 24.7 Å². The van der Waals surface area contributed by atoms with E-state index < -0.39 is 5.41 Å². The van der Waals surface area contributed by atoms with Crippen molar-refractivity contribution in [1.29, 1.82) is 0 Å². The van der Waals surface area contributed by atoms with Crippen LogP contribution in [0.2, 0.25) is 0 Å². The van der Waals surface area contributed by atoms with Crippen LogP contribution in [0.15, 0.2) is 340 Å². The monoisotopic (exact) mass is 1150 g/mol. The maximum atomic E-state index is 2.53. The summed E-state index contributed by atoms with van der Waals surface area (Å²) >= 11 is 0. The van der Waals surface area contributed by atoms with Crippen LogP contribution in [0, 0.1) is 0 Å². The van der Waals surface area contributed by atoms with Crippen LogP contribution in [0.1, 0.15) is 47.2 Å². The van der Waals surface area contributed by atoms with Gasteiger partial charge in [0.05, 0.1) is 11.1 Å². The molecule has 0 saturated carbocycles. The number of hydrogen-bond acceptors (Lipinski definition) is 2. The normalized spacial score (nSPS) is 14.2. The molecular weight excluding hydrogens is 1080 g/mol. The smallest absolute Gasteiger partial charge is 0.0726 e. The molecule has 2 nitrogen and oxygen atoms in total. The first-order valence-electron chi connectivity index (χ1n) is 31.4. The second-order valence-electron chi connectivity index (χ2n) is 24.7. The van der Waals surface area contributed by atoms with E-state index in [0.717, 1.165) is 39.7 Å². The van der Waals surface area contributed by atoms with Gasteiger partial charge in [-0.2, -0.15) is 0 Å². The van der Waals surface area contributed by atoms with Crippen LogP contribution in [0.25, 0.3) is 89.0 Å². The summed E-state index contributed by atoms with van der Waals surface area (Å²) in [7, 11) is 0. The van der Waals surface area contributed by atoms with Crippen molar-refractivity contribution in [3.63, 3.8) is 0 Å². The highest BCUT2D eigenvalue weighted by Gasteiger charge is 2.52. The summed E-state index contributed by atoms with van der Waals surface area (Å²) < 4.78 is 0. The first kappa shape index (κ1) is 53.0. The Balaban J connectivity index is 0.751. The van der Waals surface area contributed by atoms with Gasteiger partial charge in [0.1, 0.15) is 0 Å². The molecule has 1 spiro atoms. The quantitative estimate of drug-likeness (QED) is 0.127. The van der Waals surface area contributed by atoms with Gasteiger partial charge in [0, 0.05) is 39.4 Å². The molecule has 90 heavy (non-hydrogen) atoms. The van der Waals surface area contributed by atoms with Gasteiger partial charge in [0.15, 0.2) is 0 Å². The van der Waals surface area contributed by atoms with E-state index in [9.17, 15) is 0 Å². The van der Waals surface area contributed by atoms with E-state index in [4.69, 9.17) is 0 Å². The largest absolute Gasteiger partial charge is 0.311 e. The van der Waals surface area contributed by atoms with Crippen LogP contribution in [-0.4, -0.2) is 0 Å². The van der Waals surface area contributed by atoms with E-state index in [2.05, 4.69) is 363 Å². The Bertz CT molecular complexity index is 4960. The maximum absolute atomic E-state index is 2.53. The van der Waals surface area contributed by atoms with Crippen LogP contribution in [-0.2, 0) is 10.8 Å². The number of fused-ring (bicyclic) bond motifs is 13. The van der Waals surface area contributed by atoms with Crippen molar-refractivity contribution < 1.29 is 0 Å². The van der Waals surface area contributed by atoms with Gasteiger partial charge >= 0.3 is 0 Å². The molecule has 14 aromatic rings. The Hall–Kier alpha value is -11.3. The highest BCUT2D eigenvalue weighted by molar-refractivity contribution is 6.02. The fraction of sp³-hybridized carbons (Fsp3) is 0.0455. The molecule has 14 aromatic carbocycles. The van der Waals surface area contributed by atoms with E-state index >= 15 is 0 Å². The Labute approximate surface area is 527 Å². The van der Waals surface area contributed by atoms with Crippen molar-refractivity contribution in [1.82, 2.24) is 0 Å². The second-order valence-corrected chi connectivity index (χ2v) is 24.7. The lowest BCUT2D eigenvalue weighted by atomic mass is 9.70. The summed E-state index contributed by atoms with van der Waals surface area (Å²) in [5.41, 5.74) is 33.5. The van der Waals surface area contributed by atoms with Crippen LogP contribution in [0.4, 0.5) is 34.1 Å². The average molecular weight is 1150 g/mol. The van der Waals surface area contributed by atoms with Crippen molar-refractivity contribution in [3.8, 4) is 89.0 Å². The summed E-state index contributed by atoms with van der Waals surface area (Å²) in [6.45, 7) is 4.76. The van der Waals surface area contributed by atoms with Crippen LogP contribution < -0.4 is 9.80 Å². The molecule has 0 amide bonds. The van der Waals surface area contributed by atoms with Gasteiger partial charge in [0.2, 0.25) is 0 Å². The Morgan fingerprint density at radius 3 is 1.09 bits per heavy atom. The summed E-state index contributed by atoms with van der Waals surface area (Å²) in [6.07, 6.45) is 0. The molecule has 0 aliphatic heterocycles. The molecule has 1 atom stereocenters. The number of anilines is 6. The Kier molecular flexibility index (Phi) is 12.5. The lowest BCUT2D eigenvalue weighted by molar-refractivity contribution is 0.660. The molecule has 0 saturated heterocycles. The predicted molar refractivity (Wildman–Crippen MR) is 377 cm³/mol. The maximum Gasteiger partial charge on any atom is 0.0726 e. The van der Waals surface area contributed by atoms with Gasteiger partial charge in [0.25, 0.3) is 0 Å². The minimum absolute atomic E-state index is 0.166. The molecule has 17 rings (SSSR count). The zero-order chi connectivity index (χ0) is 59.9. The molecule has 3 aliphatic carbocycles. The van der Waals surface area contributed by atoms with Crippen LogP contribution >= 0.6 is 0 Å². The highest BCUT2D eigenvalue weighted by atomic mass is 15.1. The van der Waals surface area contributed by atoms with Gasteiger partial charge in [-0.05, 0) is 196 Å². The fourth-order valence-electron chi connectivity index (χ4n) is 15.2. The summed E-state index contributed by atoms with van der Waals surface area (Å²) in [4.78, 5) is 4.88. The Morgan fingerprint density at radius 2 is 0.544 bits per heavy atom. The summed E-state index contributed by atoms with van der Waals surface area (Å²) in [5, 5.41) is 0. The highest BCUT2D eigenvalue weighted by Crippen LogP contribution is 2.65. The molecule has 2 heteroatoms. The van der Waals surface area contributed by atoms with E-state index in [1.165, 1.54) is 117 Å². The topological polar surface area (TPSA) is 6.48 Å². The molecular formula is C88H62N2. The number of benzene rings is 14. The molecule has 0 radical (unpaired) electrons. The second kappa shape index (κ2) is 21.2. The third-order valence-corrected chi connectivity index (χ3v) is 19.5. The molecule has 0 heterocycles. The van der Waals surface area contributed by atoms with Crippen molar-refractivity contribution in [2.75, 3.05) is 9.80 Å². The molecule has 0 fully saturated rings. The summed E-state index contributed by atoms with van der Waals surface area (Å²) in [5.74, 6) is 0. The standard InChI is InChI=1S/C88H62N2/c1-87(2)79-31-15-12-28-74(79)76-54-53-73(58-84(76)87)90(72-51-40-64(41-52-72)61-24-10-5-11-25-61)85-35-19-34-83-86(85)77-30-14-17-33-81(77)88(83)80-32-16-13-29-75(80)78-57-68(44-55-82(78)88)67-27-18-26-66(56-67)65-42-49-71(50-43-65)89(69-45-36-62(37-46-69)59-20-6-3-7-21-59)70-47-38-63(39-48-70)60-22-8-4-9-23-60/h3-58H,1-2H3. The minimum Gasteiger partial charge on any atom is -0.311 e. The molecule has 0 aromatic heterocycles. The van der Waals surface area contributed by atoms with Gasteiger partial charge in [-0.1, -0.05) is 275 Å². The SMILES string of the molecule is CC1(C)c2ccccc2-c2ccc(N(c3ccc(-c4ccccc4)cc3)c3cccc4c3-c3ccccc3C43c4ccccc4-c4cc(-c5cccc(-c6ccc(N(c7ccc(-c8ccccc8)cc7)c7ccc(-c8ccccc8)cc7)cc6)c5)ccc43)cc21. The van der Waals surface area contributed by atoms with Crippen molar-refractivity contribution in [2.24, 2.45) is 0 Å². The first-order valence-corrected chi connectivity index (χ1v) is 31.4. The molecule has 424 valence electrons. The van der Waals surface area contributed by atoms with Crippen molar-refractivity contribution in [3.05, 3.63) is 373 Å². The van der Waals surface area contributed by atoms with Gasteiger partial charge in [-0.15, -0.1) is 0 Å². The lowest BCUT2D eigenvalue weighted by Gasteiger charge is -2.32. The zero-order valence-corrected chi connectivity index (χ0v) is 50.2. The zero-order valence-electron chi connectivity index (χ0n) is 50.2. The van der Waals surface area contributed by atoms with Crippen molar-refractivity contribution >= 4 is 34.1 Å². The third kappa shape index (κ3) is 8.47. The first-order chi connectivity index (χ1) is 44.4. The fourth-order valence-corrected chi connectivity index (χ4v) is 15.2. The molecule has 3 aliphatic rings. The number of hydrogen-bond donors (Lipinski definition) is 0. The molecule has 0 N–H and O–H groups in total. The van der Waals surface area contributed by atoms with Crippen LogP contribution in [0.3, 0.4) is 0 Å². The summed E-state index contributed by atoms with van der Waals surface area (Å²) in [6, 6.07) is 126. The minimum atomic E-state index is -0.553. The number of nitrogens with zero attached hydrogens (tertiary/aromatic N) is 2. The van der Waals surface area contributed by atoms with Gasteiger partial charge in [-0.25, -0.2) is 0 Å². The van der Waals surface area contributed by atoms with E-state index in [1.807, 2.05) is 0 Å². The Morgan fingerprint density at radius 1 is 0.200 bits per heavy atom. The van der Waals surface area contributed by atoms with Crippen LogP contribution in [0.5, 0.6) is 0 Å². The molecule has 0 bridgehead atoms. The van der Waals surface area contributed by atoms with E-state index in [0.29, 0.717) is 0 Å². The number of rotatable bonds is 11. The van der Waals surface area contributed by atoms with Gasteiger partial charge in [-0.3, -0.25) is 0 Å². The average Bonchev–Trinajstić information content (AvgIpc) is 1.52. The third-order valence-electron chi connectivity index (χ3n) is 19.5. The predicted octanol–water partition coefficient (Wildman–Crippen LogP) is 23.6. The van der Waals surface area contributed by atoms with Gasteiger partial charge < -0.3 is 9.80 Å². The lowest BCUT2D eigenvalue weighted by Crippen LogP contribution is -2.26. The van der Waals surface area contributed by atoms with E-state index in [-0.39, 0.29) is 5.41 Å². The van der Waals surface area contributed by atoms with E-state index in [1.54, 1.807) is 0 Å².